The zero-order valence-corrected chi connectivity index (χ0v) is 19.6. The second kappa shape index (κ2) is 11.3. The first-order valence-corrected chi connectivity index (χ1v) is 10.7. The molecule has 0 unspecified atom stereocenters. The van der Waals surface area contributed by atoms with E-state index >= 15 is 0 Å². The van der Waals surface area contributed by atoms with E-state index in [1.165, 1.54) is 6.21 Å². The van der Waals surface area contributed by atoms with Crippen LogP contribution < -0.4 is 15.6 Å². The van der Waals surface area contributed by atoms with Crippen molar-refractivity contribution in [1.29, 1.82) is 0 Å². The fraction of sp³-hybridized carbons (Fsp3) is 0.0800. The van der Waals surface area contributed by atoms with Gasteiger partial charge in [0.25, 0.3) is 11.8 Å². The van der Waals surface area contributed by atoms with Gasteiger partial charge >= 0.3 is 0 Å². The van der Waals surface area contributed by atoms with Crippen LogP contribution in [0.3, 0.4) is 0 Å². The summed E-state index contributed by atoms with van der Waals surface area (Å²) in [7, 11) is 3.88. The van der Waals surface area contributed by atoms with Gasteiger partial charge in [0.05, 0.1) is 16.3 Å². The lowest BCUT2D eigenvalue weighted by Gasteiger charge is -2.12. The lowest BCUT2D eigenvalue weighted by molar-refractivity contribution is -0.117. The van der Waals surface area contributed by atoms with Gasteiger partial charge in [-0.3, -0.25) is 9.59 Å². The molecule has 6 nitrogen and oxygen atoms in total. The van der Waals surface area contributed by atoms with E-state index in [4.69, 9.17) is 23.2 Å². The van der Waals surface area contributed by atoms with Crippen LogP contribution in [0.1, 0.15) is 21.5 Å². The smallest absolute Gasteiger partial charge is 0.287 e. The van der Waals surface area contributed by atoms with Crippen LogP contribution in [0, 0.1) is 0 Å². The lowest BCUT2D eigenvalue weighted by atomic mass is 10.1. The number of hydrogen-bond donors (Lipinski definition) is 2. The third kappa shape index (κ3) is 6.68. The van der Waals surface area contributed by atoms with Gasteiger partial charge in [-0.25, -0.2) is 5.43 Å². The first-order chi connectivity index (χ1) is 15.8. The highest BCUT2D eigenvalue weighted by atomic mass is 35.5. The second-order valence-electron chi connectivity index (χ2n) is 7.20. The molecule has 0 fully saturated rings. The molecule has 8 heteroatoms. The first kappa shape index (κ1) is 24.0. The highest BCUT2D eigenvalue weighted by Gasteiger charge is 2.14. The number of carbonyl (C=O) groups is 2. The van der Waals surface area contributed by atoms with E-state index in [1.807, 2.05) is 43.3 Å². The van der Waals surface area contributed by atoms with Crippen LogP contribution in [0.4, 0.5) is 5.69 Å². The predicted octanol–water partition coefficient (Wildman–Crippen LogP) is 4.98. The van der Waals surface area contributed by atoms with Crippen molar-refractivity contribution in [3.8, 4) is 0 Å². The van der Waals surface area contributed by atoms with Gasteiger partial charge in [-0.2, -0.15) is 5.10 Å². The quantitative estimate of drug-likeness (QED) is 0.284. The minimum absolute atomic E-state index is 0.0314. The summed E-state index contributed by atoms with van der Waals surface area (Å²) in [5.41, 5.74) is 5.08. The summed E-state index contributed by atoms with van der Waals surface area (Å²) >= 11 is 12.3. The maximum absolute atomic E-state index is 12.9. The third-order valence-corrected chi connectivity index (χ3v) is 5.27. The molecule has 0 bridgehead atoms. The van der Waals surface area contributed by atoms with Crippen molar-refractivity contribution < 1.29 is 9.59 Å². The number of benzene rings is 3. The topological polar surface area (TPSA) is 73.8 Å². The summed E-state index contributed by atoms with van der Waals surface area (Å²) in [6.07, 6.45) is 2.93. The average Bonchev–Trinajstić information content (AvgIpc) is 2.81. The van der Waals surface area contributed by atoms with Gasteiger partial charge in [-0.1, -0.05) is 59.6 Å². The number of anilines is 1. The molecule has 0 aliphatic heterocycles. The molecule has 168 valence electrons. The highest BCUT2D eigenvalue weighted by molar-refractivity contribution is 6.38. The van der Waals surface area contributed by atoms with E-state index in [0.717, 1.165) is 11.3 Å². The van der Waals surface area contributed by atoms with Crippen LogP contribution in [-0.2, 0) is 4.79 Å². The molecular formula is C25H22Cl2N4O2. The Morgan fingerprint density at radius 3 is 2.12 bits per heavy atom. The van der Waals surface area contributed by atoms with Crippen LogP contribution >= 0.6 is 23.2 Å². The number of nitrogens with one attached hydrogen (secondary N) is 2. The van der Waals surface area contributed by atoms with E-state index in [-0.39, 0.29) is 5.70 Å². The van der Waals surface area contributed by atoms with E-state index in [0.29, 0.717) is 21.2 Å². The number of hydrogen-bond acceptors (Lipinski definition) is 4. The Kier molecular flexibility index (Phi) is 8.24. The standard InChI is InChI=1S/C25H22Cl2N4O2/c1-31(2)19-13-11-17(12-14-19)15-23(29-24(32)18-7-4-3-5-8-18)25(33)30-28-16-20-21(26)9-6-10-22(20)27/h3-16H,1-2H3,(H,29,32)(H,30,33)/b23-15-,28-16-. The molecule has 3 rings (SSSR count). The summed E-state index contributed by atoms with van der Waals surface area (Å²) in [5.74, 6) is -1.02. The van der Waals surface area contributed by atoms with Gasteiger partial charge in [0.1, 0.15) is 5.70 Å². The highest BCUT2D eigenvalue weighted by Crippen LogP contribution is 2.22. The number of rotatable bonds is 7. The molecule has 0 aliphatic carbocycles. The fourth-order valence-corrected chi connectivity index (χ4v) is 3.32. The number of hydrazone groups is 1. The van der Waals surface area contributed by atoms with Crippen LogP contribution in [-0.4, -0.2) is 32.1 Å². The molecule has 0 spiro atoms. The van der Waals surface area contributed by atoms with Gasteiger partial charge in [-0.15, -0.1) is 0 Å². The largest absolute Gasteiger partial charge is 0.378 e. The summed E-state index contributed by atoms with van der Waals surface area (Å²) in [6, 6.07) is 21.2. The molecule has 2 N–H and O–H groups in total. The molecule has 0 radical (unpaired) electrons. The summed E-state index contributed by atoms with van der Waals surface area (Å²) in [5, 5.41) is 7.41. The predicted molar refractivity (Wildman–Crippen MR) is 135 cm³/mol. The maximum Gasteiger partial charge on any atom is 0.287 e. The Bertz CT molecular complexity index is 1170. The van der Waals surface area contributed by atoms with Crippen molar-refractivity contribution in [2.24, 2.45) is 5.10 Å². The Balaban J connectivity index is 1.84. The van der Waals surface area contributed by atoms with E-state index < -0.39 is 11.8 Å². The molecule has 0 saturated heterocycles. The van der Waals surface area contributed by atoms with Gasteiger partial charge < -0.3 is 10.2 Å². The maximum atomic E-state index is 12.9. The molecule has 0 aromatic heterocycles. The molecule has 0 aliphatic rings. The third-order valence-electron chi connectivity index (χ3n) is 4.61. The summed E-state index contributed by atoms with van der Waals surface area (Å²) in [4.78, 5) is 27.5. The van der Waals surface area contributed by atoms with Crippen molar-refractivity contribution in [1.82, 2.24) is 10.7 Å². The van der Waals surface area contributed by atoms with Crippen molar-refractivity contribution in [3.63, 3.8) is 0 Å². The summed E-state index contributed by atoms with van der Waals surface area (Å²) in [6.45, 7) is 0. The van der Waals surface area contributed by atoms with Gasteiger partial charge in [-0.05, 0) is 48.0 Å². The fourth-order valence-electron chi connectivity index (χ4n) is 2.83. The second-order valence-corrected chi connectivity index (χ2v) is 8.01. The van der Waals surface area contributed by atoms with Crippen LogP contribution in [0.15, 0.2) is 83.6 Å². The van der Waals surface area contributed by atoms with Crippen molar-refractivity contribution in [3.05, 3.63) is 105 Å². The minimum Gasteiger partial charge on any atom is -0.378 e. The zero-order chi connectivity index (χ0) is 23.8. The Morgan fingerprint density at radius 1 is 0.879 bits per heavy atom. The van der Waals surface area contributed by atoms with Gasteiger partial charge in [0.15, 0.2) is 0 Å². The lowest BCUT2D eigenvalue weighted by Crippen LogP contribution is -2.32. The van der Waals surface area contributed by atoms with Crippen molar-refractivity contribution in [2.45, 2.75) is 0 Å². The SMILES string of the molecule is CN(C)c1ccc(/C=C(\NC(=O)c2ccccc2)C(=O)N/N=C\c2c(Cl)cccc2Cl)cc1. The van der Waals surface area contributed by atoms with Crippen LogP contribution in [0.5, 0.6) is 0 Å². The summed E-state index contributed by atoms with van der Waals surface area (Å²) < 4.78 is 0. The van der Waals surface area contributed by atoms with Crippen molar-refractivity contribution >= 4 is 53.0 Å². The molecule has 0 saturated carbocycles. The monoisotopic (exact) mass is 480 g/mol. The normalized spacial score (nSPS) is 11.3. The minimum atomic E-state index is -0.601. The molecule has 33 heavy (non-hydrogen) atoms. The number of carbonyl (C=O) groups excluding carboxylic acids is 2. The van der Waals surface area contributed by atoms with Gasteiger partial charge in [0, 0.05) is 30.9 Å². The zero-order valence-electron chi connectivity index (χ0n) is 18.0. The molecule has 3 aromatic carbocycles. The first-order valence-electron chi connectivity index (χ1n) is 9.98. The number of halogens is 2. The molecule has 3 aromatic rings. The van der Waals surface area contributed by atoms with E-state index in [1.54, 1.807) is 54.6 Å². The van der Waals surface area contributed by atoms with E-state index in [9.17, 15) is 9.59 Å². The Morgan fingerprint density at radius 2 is 1.52 bits per heavy atom. The van der Waals surface area contributed by atoms with Crippen molar-refractivity contribution in [2.75, 3.05) is 19.0 Å². The molecule has 0 atom stereocenters. The van der Waals surface area contributed by atoms with E-state index in [2.05, 4.69) is 15.8 Å². The Labute approximate surface area is 202 Å². The number of nitrogens with zero attached hydrogens (tertiary/aromatic N) is 2. The van der Waals surface area contributed by atoms with Crippen LogP contribution in [0.2, 0.25) is 10.0 Å². The Hall–Kier alpha value is -3.61. The van der Waals surface area contributed by atoms with Crippen LogP contribution in [0.25, 0.3) is 6.08 Å². The van der Waals surface area contributed by atoms with Gasteiger partial charge in [0.2, 0.25) is 0 Å². The average molecular weight is 481 g/mol. The molecule has 0 heterocycles. The molecule has 2 amide bonds. The molecular weight excluding hydrogens is 459 g/mol. The number of amides is 2.